The first kappa shape index (κ1) is 26.0. The van der Waals surface area contributed by atoms with E-state index < -0.39 is 17.4 Å². The van der Waals surface area contributed by atoms with Crippen LogP contribution in [0, 0.1) is 0 Å². The van der Waals surface area contributed by atoms with Gasteiger partial charge in [0.2, 0.25) is 0 Å². The standard InChI is InChI=1S/C23H20Br4O4/c1-11(2)21(28)30-15-9-7-13(17(24)19(15)26)23(5,6)14-8-10-16(20(27)18(14)25)31-22(29)12(3)4/h7-10H,1,3H2,2,4-6H3. The fourth-order valence-corrected chi connectivity index (χ4v) is 5.21. The SMILES string of the molecule is C=C(C)C(=O)Oc1ccc(C(C)(C)c2ccc(OC(=O)C(=C)C)c(Br)c2Br)c(Br)c1Br. The van der Waals surface area contributed by atoms with E-state index in [1.54, 1.807) is 26.0 Å². The molecule has 0 atom stereocenters. The number of rotatable bonds is 6. The zero-order valence-corrected chi connectivity index (χ0v) is 23.7. The van der Waals surface area contributed by atoms with Crippen LogP contribution in [0.4, 0.5) is 0 Å². The summed E-state index contributed by atoms with van der Waals surface area (Å²) in [6.45, 7) is 14.5. The molecule has 0 aromatic heterocycles. The van der Waals surface area contributed by atoms with E-state index in [1.807, 2.05) is 12.1 Å². The fraction of sp³-hybridized carbons (Fsp3) is 0.217. The van der Waals surface area contributed by atoms with E-state index in [9.17, 15) is 9.59 Å². The first-order valence-corrected chi connectivity index (χ1v) is 12.2. The van der Waals surface area contributed by atoms with E-state index in [0.29, 0.717) is 31.6 Å². The van der Waals surface area contributed by atoms with Crippen LogP contribution in [0.15, 0.2) is 66.5 Å². The molecule has 0 unspecified atom stereocenters. The van der Waals surface area contributed by atoms with E-state index in [4.69, 9.17) is 9.47 Å². The minimum Gasteiger partial charge on any atom is -0.422 e. The summed E-state index contributed by atoms with van der Waals surface area (Å²) in [4.78, 5) is 23.8. The summed E-state index contributed by atoms with van der Waals surface area (Å²) >= 11 is 14.3. The molecule has 0 amide bonds. The number of benzene rings is 2. The predicted octanol–water partition coefficient (Wildman–Crippen LogP) is 8.03. The number of carbonyl (C=O) groups is 2. The molecule has 0 spiro atoms. The van der Waals surface area contributed by atoms with E-state index in [2.05, 4.69) is 90.7 Å². The third-order valence-corrected chi connectivity index (χ3v) is 8.83. The van der Waals surface area contributed by atoms with Crippen molar-refractivity contribution >= 4 is 75.7 Å². The Balaban J connectivity index is 2.50. The molecule has 164 valence electrons. The highest BCUT2D eigenvalue weighted by molar-refractivity contribution is 9.13. The van der Waals surface area contributed by atoms with Gasteiger partial charge in [0.15, 0.2) is 0 Å². The highest BCUT2D eigenvalue weighted by Crippen LogP contribution is 2.47. The van der Waals surface area contributed by atoms with Crippen molar-refractivity contribution in [3.8, 4) is 11.5 Å². The molecular weight excluding hydrogens is 660 g/mol. The van der Waals surface area contributed by atoms with Crippen molar-refractivity contribution in [2.75, 3.05) is 0 Å². The Morgan fingerprint density at radius 1 is 0.710 bits per heavy atom. The Morgan fingerprint density at radius 3 is 1.32 bits per heavy atom. The van der Waals surface area contributed by atoms with Crippen LogP contribution in [0.2, 0.25) is 0 Å². The van der Waals surface area contributed by atoms with Gasteiger partial charge in [-0.2, -0.15) is 0 Å². The van der Waals surface area contributed by atoms with Gasteiger partial charge >= 0.3 is 11.9 Å². The molecule has 0 aliphatic heterocycles. The molecule has 0 N–H and O–H groups in total. The molecular formula is C23H20Br4O4. The number of halogens is 4. The van der Waals surface area contributed by atoms with Crippen LogP contribution in [0.25, 0.3) is 0 Å². The lowest BCUT2D eigenvalue weighted by molar-refractivity contribution is -0.131. The van der Waals surface area contributed by atoms with Crippen LogP contribution in [0.3, 0.4) is 0 Å². The molecule has 0 aliphatic carbocycles. The zero-order chi connectivity index (χ0) is 23.7. The van der Waals surface area contributed by atoms with E-state index >= 15 is 0 Å². The van der Waals surface area contributed by atoms with Gasteiger partial charge in [0.05, 0.1) is 8.95 Å². The lowest BCUT2D eigenvalue weighted by Gasteiger charge is -2.30. The van der Waals surface area contributed by atoms with Crippen LogP contribution >= 0.6 is 63.7 Å². The fourth-order valence-electron chi connectivity index (χ4n) is 2.71. The summed E-state index contributed by atoms with van der Waals surface area (Å²) < 4.78 is 13.5. The summed E-state index contributed by atoms with van der Waals surface area (Å²) in [7, 11) is 0. The largest absolute Gasteiger partial charge is 0.422 e. The van der Waals surface area contributed by atoms with Gasteiger partial charge in [-0.3, -0.25) is 0 Å². The van der Waals surface area contributed by atoms with E-state index in [1.165, 1.54) is 0 Å². The van der Waals surface area contributed by atoms with Gasteiger partial charge in [-0.25, -0.2) is 9.59 Å². The third-order valence-electron chi connectivity index (χ3n) is 4.54. The number of esters is 2. The van der Waals surface area contributed by atoms with Gasteiger partial charge < -0.3 is 9.47 Å². The molecule has 8 heteroatoms. The maximum absolute atomic E-state index is 11.9. The number of hydrogen-bond donors (Lipinski definition) is 0. The van der Waals surface area contributed by atoms with Crippen LogP contribution < -0.4 is 9.47 Å². The average molecular weight is 680 g/mol. The van der Waals surface area contributed by atoms with Gasteiger partial charge in [0.25, 0.3) is 0 Å². The van der Waals surface area contributed by atoms with Crippen LogP contribution in [0.5, 0.6) is 11.5 Å². The molecule has 0 heterocycles. The predicted molar refractivity (Wildman–Crippen MR) is 137 cm³/mol. The molecule has 0 aliphatic rings. The molecule has 2 aromatic rings. The van der Waals surface area contributed by atoms with Crippen LogP contribution in [-0.4, -0.2) is 11.9 Å². The van der Waals surface area contributed by atoms with Gasteiger partial charge in [-0.1, -0.05) is 39.1 Å². The molecule has 0 radical (unpaired) electrons. The molecule has 0 fully saturated rings. The monoisotopic (exact) mass is 676 g/mol. The number of ether oxygens (including phenoxy) is 2. The maximum atomic E-state index is 11.9. The Hall–Kier alpha value is -1.22. The second-order valence-electron chi connectivity index (χ2n) is 7.44. The minimum absolute atomic E-state index is 0.314. The van der Waals surface area contributed by atoms with Crippen molar-refractivity contribution in [2.24, 2.45) is 0 Å². The average Bonchev–Trinajstić information content (AvgIpc) is 2.68. The summed E-state index contributed by atoms with van der Waals surface area (Å²) in [6, 6.07) is 7.26. The molecule has 0 saturated carbocycles. The molecule has 0 bridgehead atoms. The van der Waals surface area contributed by atoms with E-state index in [0.717, 1.165) is 20.1 Å². The molecule has 4 nitrogen and oxygen atoms in total. The topological polar surface area (TPSA) is 52.6 Å². The summed E-state index contributed by atoms with van der Waals surface area (Å²) in [6.07, 6.45) is 0. The quantitative estimate of drug-likeness (QED) is 0.176. The Morgan fingerprint density at radius 2 is 1.03 bits per heavy atom. The second-order valence-corrected chi connectivity index (χ2v) is 10.6. The normalized spacial score (nSPS) is 11.1. The van der Waals surface area contributed by atoms with Crippen LogP contribution in [0.1, 0.15) is 38.8 Å². The van der Waals surface area contributed by atoms with Crippen molar-refractivity contribution in [2.45, 2.75) is 33.1 Å². The highest BCUT2D eigenvalue weighted by atomic mass is 79.9. The third kappa shape index (κ3) is 5.59. The van der Waals surface area contributed by atoms with Crippen LogP contribution in [-0.2, 0) is 15.0 Å². The Kier molecular flexibility index (Phi) is 8.52. The molecule has 2 aromatic carbocycles. The second kappa shape index (κ2) is 10.1. The maximum Gasteiger partial charge on any atom is 0.338 e. The highest BCUT2D eigenvalue weighted by Gasteiger charge is 2.31. The van der Waals surface area contributed by atoms with Gasteiger partial charge in [0, 0.05) is 25.5 Å². The van der Waals surface area contributed by atoms with Gasteiger partial charge in [-0.05, 0) is 101 Å². The van der Waals surface area contributed by atoms with Crippen molar-refractivity contribution in [3.63, 3.8) is 0 Å². The summed E-state index contributed by atoms with van der Waals surface area (Å²) in [5.74, 6) is -0.208. The zero-order valence-electron chi connectivity index (χ0n) is 17.4. The van der Waals surface area contributed by atoms with Crippen molar-refractivity contribution in [3.05, 3.63) is 77.6 Å². The number of carbonyl (C=O) groups excluding carboxylic acids is 2. The first-order valence-electron chi connectivity index (χ1n) is 9.01. The molecule has 31 heavy (non-hydrogen) atoms. The minimum atomic E-state index is -0.494. The smallest absolute Gasteiger partial charge is 0.338 e. The van der Waals surface area contributed by atoms with Crippen molar-refractivity contribution in [1.82, 2.24) is 0 Å². The van der Waals surface area contributed by atoms with Crippen molar-refractivity contribution in [1.29, 1.82) is 0 Å². The van der Waals surface area contributed by atoms with Crippen molar-refractivity contribution < 1.29 is 19.1 Å². The van der Waals surface area contributed by atoms with Gasteiger partial charge in [0.1, 0.15) is 11.5 Å². The lowest BCUT2D eigenvalue weighted by atomic mass is 9.78. The van der Waals surface area contributed by atoms with E-state index in [-0.39, 0.29) is 0 Å². The number of hydrogen-bond acceptors (Lipinski definition) is 4. The Labute approximate surface area is 215 Å². The molecule has 2 rings (SSSR count). The first-order chi connectivity index (χ1) is 14.3. The Bertz CT molecular complexity index is 1020. The summed E-state index contributed by atoms with van der Waals surface area (Å²) in [5, 5.41) is 0. The molecule has 0 saturated heterocycles. The lowest BCUT2D eigenvalue weighted by Crippen LogP contribution is -2.21. The summed E-state index contributed by atoms with van der Waals surface area (Å²) in [5.41, 5.74) is 2.06. The van der Waals surface area contributed by atoms with Gasteiger partial charge in [-0.15, -0.1) is 0 Å².